The summed E-state index contributed by atoms with van der Waals surface area (Å²) in [6, 6.07) is 2.00. The molecule has 1 amide bonds. The highest BCUT2D eigenvalue weighted by Crippen LogP contribution is 2.16. The minimum atomic E-state index is -0.846. The van der Waals surface area contributed by atoms with Crippen molar-refractivity contribution in [2.75, 3.05) is 6.54 Å². The Morgan fingerprint density at radius 1 is 1.56 bits per heavy atom. The fourth-order valence-electron chi connectivity index (χ4n) is 1.41. The Bertz CT molecular complexity index is 451. The summed E-state index contributed by atoms with van der Waals surface area (Å²) in [4.78, 5) is 23.0. The number of hydrogen-bond acceptors (Lipinski definition) is 3. The Morgan fingerprint density at radius 2 is 2.28 bits per heavy atom. The number of hydrogen-bond donors (Lipinski definition) is 2. The first-order valence-electron chi connectivity index (χ1n) is 5.71. The lowest BCUT2D eigenvalue weighted by Crippen LogP contribution is -2.27. The van der Waals surface area contributed by atoms with Crippen LogP contribution < -0.4 is 5.32 Å². The molecule has 1 heterocycles. The molecule has 1 atom stereocenters. The van der Waals surface area contributed by atoms with Gasteiger partial charge < -0.3 is 10.4 Å². The summed E-state index contributed by atoms with van der Waals surface area (Å²) in [6.45, 7) is 4.16. The number of carboxylic acids is 1. The van der Waals surface area contributed by atoms with Crippen LogP contribution >= 0.6 is 11.3 Å². The molecule has 0 aliphatic rings. The third-order valence-corrected chi connectivity index (χ3v) is 3.42. The number of rotatable bonds is 6. The van der Waals surface area contributed by atoms with Gasteiger partial charge in [0.25, 0.3) is 0 Å². The molecule has 0 radical (unpaired) electrons. The van der Waals surface area contributed by atoms with Gasteiger partial charge in [0.1, 0.15) is 0 Å². The number of amides is 1. The monoisotopic (exact) mass is 267 g/mol. The van der Waals surface area contributed by atoms with Crippen LogP contribution in [0.4, 0.5) is 0 Å². The summed E-state index contributed by atoms with van der Waals surface area (Å²) in [5.41, 5.74) is 1.14. The number of aryl methyl sites for hydroxylation is 1. The normalized spacial score (nSPS) is 12.6. The van der Waals surface area contributed by atoms with Crippen molar-refractivity contribution in [1.82, 2.24) is 5.32 Å². The van der Waals surface area contributed by atoms with Crippen LogP contribution in [0.15, 0.2) is 17.5 Å². The predicted octanol–water partition coefficient (Wildman–Crippen LogP) is 2.30. The van der Waals surface area contributed by atoms with Crippen molar-refractivity contribution < 1.29 is 14.7 Å². The van der Waals surface area contributed by atoms with E-state index in [-0.39, 0.29) is 18.2 Å². The minimum absolute atomic E-state index is 0.0635. The van der Waals surface area contributed by atoms with Crippen molar-refractivity contribution in [3.63, 3.8) is 0 Å². The van der Waals surface area contributed by atoms with Crippen LogP contribution in [0, 0.1) is 12.8 Å². The van der Waals surface area contributed by atoms with Crippen LogP contribution in [-0.2, 0) is 9.59 Å². The first-order valence-corrected chi connectivity index (χ1v) is 6.58. The molecule has 1 rings (SSSR count). The molecule has 98 valence electrons. The van der Waals surface area contributed by atoms with Crippen LogP contribution in [0.5, 0.6) is 0 Å². The van der Waals surface area contributed by atoms with E-state index in [1.165, 1.54) is 6.08 Å². The van der Waals surface area contributed by atoms with Crippen LogP contribution in [0.25, 0.3) is 6.08 Å². The Balaban J connectivity index is 2.36. The highest BCUT2D eigenvalue weighted by molar-refractivity contribution is 7.11. The molecule has 0 bridgehead atoms. The lowest BCUT2D eigenvalue weighted by molar-refractivity contribution is -0.138. The molecular weight excluding hydrogens is 250 g/mol. The van der Waals surface area contributed by atoms with E-state index in [0.29, 0.717) is 6.54 Å². The van der Waals surface area contributed by atoms with Crippen molar-refractivity contribution >= 4 is 29.3 Å². The molecule has 0 aliphatic heterocycles. The van der Waals surface area contributed by atoms with Gasteiger partial charge in [-0.15, -0.1) is 11.3 Å². The zero-order valence-corrected chi connectivity index (χ0v) is 11.3. The second-order valence-corrected chi connectivity index (χ2v) is 5.20. The van der Waals surface area contributed by atoms with E-state index >= 15 is 0 Å². The van der Waals surface area contributed by atoms with Crippen molar-refractivity contribution in [3.05, 3.63) is 28.0 Å². The summed E-state index contributed by atoms with van der Waals surface area (Å²) in [5, 5.41) is 13.2. The van der Waals surface area contributed by atoms with E-state index in [1.807, 2.05) is 18.4 Å². The SMILES string of the molecule is Cc1ccsc1/C=C/C(=O)NCC(C)CC(=O)O. The van der Waals surface area contributed by atoms with Gasteiger partial charge in [-0.05, 0) is 35.9 Å². The molecule has 0 saturated heterocycles. The summed E-state index contributed by atoms with van der Waals surface area (Å²) < 4.78 is 0. The van der Waals surface area contributed by atoms with Crippen molar-refractivity contribution in [1.29, 1.82) is 0 Å². The summed E-state index contributed by atoms with van der Waals surface area (Å²) in [5.74, 6) is -1.11. The van der Waals surface area contributed by atoms with Crippen molar-refractivity contribution in [2.24, 2.45) is 5.92 Å². The zero-order valence-electron chi connectivity index (χ0n) is 10.5. The molecule has 2 N–H and O–H groups in total. The van der Waals surface area contributed by atoms with Gasteiger partial charge in [0.2, 0.25) is 5.91 Å². The number of carboxylic acid groups (broad SMARTS) is 1. The van der Waals surface area contributed by atoms with E-state index in [0.717, 1.165) is 10.4 Å². The molecule has 4 nitrogen and oxygen atoms in total. The fraction of sp³-hybridized carbons (Fsp3) is 0.385. The van der Waals surface area contributed by atoms with Crippen LogP contribution in [0.1, 0.15) is 23.8 Å². The van der Waals surface area contributed by atoms with Crippen molar-refractivity contribution in [2.45, 2.75) is 20.3 Å². The Morgan fingerprint density at radius 3 is 2.83 bits per heavy atom. The summed E-state index contributed by atoms with van der Waals surface area (Å²) in [6.07, 6.45) is 3.32. The second-order valence-electron chi connectivity index (χ2n) is 4.25. The summed E-state index contributed by atoms with van der Waals surface area (Å²) >= 11 is 1.58. The quantitative estimate of drug-likeness (QED) is 0.777. The molecule has 1 unspecified atom stereocenters. The lowest BCUT2D eigenvalue weighted by atomic mass is 10.1. The number of aliphatic carboxylic acids is 1. The fourth-order valence-corrected chi connectivity index (χ4v) is 2.23. The molecule has 0 saturated carbocycles. The maximum Gasteiger partial charge on any atom is 0.303 e. The number of nitrogens with one attached hydrogen (secondary N) is 1. The van der Waals surface area contributed by atoms with E-state index in [9.17, 15) is 9.59 Å². The molecule has 18 heavy (non-hydrogen) atoms. The van der Waals surface area contributed by atoms with E-state index < -0.39 is 5.97 Å². The molecular formula is C13H17NO3S. The maximum atomic E-state index is 11.5. The predicted molar refractivity (Wildman–Crippen MR) is 72.5 cm³/mol. The van der Waals surface area contributed by atoms with Crippen LogP contribution in [0.2, 0.25) is 0 Å². The highest BCUT2D eigenvalue weighted by Gasteiger charge is 2.08. The smallest absolute Gasteiger partial charge is 0.303 e. The summed E-state index contributed by atoms with van der Waals surface area (Å²) in [7, 11) is 0. The third-order valence-electron chi connectivity index (χ3n) is 2.44. The standard InChI is InChI=1S/C13H17NO3S/c1-9(7-13(16)17)8-14-12(15)4-3-11-10(2)5-6-18-11/h3-6,9H,7-8H2,1-2H3,(H,14,15)(H,16,17)/b4-3+. The molecule has 0 aliphatic carbocycles. The highest BCUT2D eigenvalue weighted by atomic mass is 32.1. The van der Waals surface area contributed by atoms with Gasteiger partial charge >= 0.3 is 5.97 Å². The molecule has 0 spiro atoms. The minimum Gasteiger partial charge on any atom is -0.481 e. The average Bonchev–Trinajstić information content (AvgIpc) is 2.68. The number of thiophene rings is 1. The lowest BCUT2D eigenvalue weighted by Gasteiger charge is -2.08. The van der Waals surface area contributed by atoms with E-state index in [1.54, 1.807) is 24.3 Å². The molecule has 5 heteroatoms. The molecule has 1 aromatic rings. The average molecular weight is 267 g/mol. The topological polar surface area (TPSA) is 66.4 Å². The van der Waals surface area contributed by atoms with Crippen LogP contribution in [-0.4, -0.2) is 23.5 Å². The largest absolute Gasteiger partial charge is 0.481 e. The van der Waals surface area contributed by atoms with Gasteiger partial charge in [-0.2, -0.15) is 0 Å². The first-order chi connectivity index (χ1) is 8.49. The Hall–Kier alpha value is -1.62. The molecule has 0 aromatic carbocycles. The van der Waals surface area contributed by atoms with Gasteiger partial charge in [-0.1, -0.05) is 6.92 Å². The van der Waals surface area contributed by atoms with Gasteiger partial charge in [0.15, 0.2) is 0 Å². The molecule has 1 aromatic heterocycles. The number of carbonyl (C=O) groups is 2. The first kappa shape index (κ1) is 14.4. The number of carbonyl (C=O) groups excluding carboxylic acids is 1. The van der Waals surface area contributed by atoms with Gasteiger partial charge in [-0.3, -0.25) is 9.59 Å². The second kappa shape index (κ2) is 6.96. The maximum absolute atomic E-state index is 11.5. The van der Waals surface area contributed by atoms with Gasteiger partial charge in [0.05, 0.1) is 0 Å². The zero-order chi connectivity index (χ0) is 13.5. The van der Waals surface area contributed by atoms with Gasteiger partial charge in [-0.25, -0.2) is 0 Å². The van der Waals surface area contributed by atoms with Crippen molar-refractivity contribution in [3.8, 4) is 0 Å². The Kier molecular flexibility index (Phi) is 5.58. The van der Waals surface area contributed by atoms with Gasteiger partial charge in [0, 0.05) is 23.9 Å². The molecule has 0 fully saturated rings. The van der Waals surface area contributed by atoms with E-state index in [4.69, 9.17) is 5.11 Å². The van der Waals surface area contributed by atoms with E-state index in [2.05, 4.69) is 5.32 Å². The Labute approximate surface area is 110 Å². The third kappa shape index (κ3) is 5.14. The van der Waals surface area contributed by atoms with Crippen LogP contribution in [0.3, 0.4) is 0 Å².